The highest BCUT2D eigenvalue weighted by atomic mass is 79.9. The van der Waals surface area contributed by atoms with E-state index in [0.717, 1.165) is 16.6 Å². The van der Waals surface area contributed by atoms with Gasteiger partial charge in [0.05, 0.1) is 33.1 Å². The molecule has 1 aromatic rings. The average molecular weight is 301 g/mol. The highest BCUT2D eigenvalue weighted by Crippen LogP contribution is 2.45. The van der Waals surface area contributed by atoms with E-state index in [4.69, 9.17) is 4.74 Å². The van der Waals surface area contributed by atoms with Crippen molar-refractivity contribution < 1.29 is 4.74 Å². The van der Waals surface area contributed by atoms with Crippen molar-refractivity contribution in [2.75, 3.05) is 0 Å². The topological polar surface area (TPSA) is 27.1 Å². The van der Waals surface area contributed by atoms with Gasteiger partial charge in [-0.1, -0.05) is 0 Å². The predicted octanol–water partition coefficient (Wildman–Crippen LogP) is 3.78. The van der Waals surface area contributed by atoms with Crippen LogP contribution in [0.5, 0.6) is 0 Å². The maximum atomic E-state index is 6.13. The first kappa shape index (κ1) is 13.1. The smallest absolute Gasteiger partial charge is 0.0858 e. The summed E-state index contributed by atoms with van der Waals surface area (Å²) in [7, 11) is 0. The molecule has 0 saturated carbocycles. The molecule has 0 aromatic carbocycles. The number of aryl methyl sites for hydroxylation is 1. The first-order valence-electron chi connectivity index (χ1n) is 6.05. The fourth-order valence-corrected chi connectivity index (χ4v) is 3.12. The quantitative estimate of drug-likeness (QED) is 0.789. The Hall–Kier alpha value is -0.350. The molecule has 1 aliphatic rings. The number of hydrogen-bond acceptors (Lipinski definition) is 2. The van der Waals surface area contributed by atoms with Crippen LogP contribution in [0.15, 0.2) is 4.47 Å². The minimum Gasteiger partial charge on any atom is -0.367 e. The lowest BCUT2D eigenvalue weighted by atomic mass is 9.94. The van der Waals surface area contributed by atoms with Crippen molar-refractivity contribution in [1.82, 2.24) is 9.78 Å². The van der Waals surface area contributed by atoms with Gasteiger partial charge in [-0.25, -0.2) is 0 Å². The third-order valence-corrected chi connectivity index (χ3v) is 4.71. The van der Waals surface area contributed by atoms with Gasteiger partial charge in [0.2, 0.25) is 0 Å². The summed E-state index contributed by atoms with van der Waals surface area (Å²) >= 11 is 3.59. The van der Waals surface area contributed by atoms with Gasteiger partial charge in [0.1, 0.15) is 0 Å². The minimum atomic E-state index is -0.174. The third-order valence-electron chi connectivity index (χ3n) is 3.56. The second-order valence-electron chi connectivity index (χ2n) is 6.11. The number of halogens is 1. The molecule has 96 valence electrons. The molecule has 2 rings (SSSR count). The Kier molecular flexibility index (Phi) is 2.94. The van der Waals surface area contributed by atoms with Crippen molar-refractivity contribution >= 4 is 15.9 Å². The Balaban J connectivity index is 2.44. The Bertz CT molecular complexity index is 449. The molecule has 0 N–H and O–H groups in total. The van der Waals surface area contributed by atoms with E-state index >= 15 is 0 Å². The summed E-state index contributed by atoms with van der Waals surface area (Å²) in [6.07, 6.45) is 0.994. The summed E-state index contributed by atoms with van der Waals surface area (Å²) in [4.78, 5) is 0. The predicted molar refractivity (Wildman–Crippen MR) is 72.3 cm³/mol. The summed E-state index contributed by atoms with van der Waals surface area (Å²) in [5, 5.41) is 4.64. The number of rotatable bonds is 1. The standard InChI is InChI=1S/C13H21BrN2O/c1-8-11(14)9(2)16(15-8)10-7-12(3,4)17-13(10,5)6/h10H,7H2,1-6H3. The van der Waals surface area contributed by atoms with E-state index in [1.807, 2.05) is 6.92 Å². The first-order valence-corrected chi connectivity index (χ1v) is 6.85. The van der Waals surface area contributed by atoms with Gasteiger partial charge in [0.25, 0.3) is 0 Å². The summed E-state index contributed by atoms with van der Waals surface area (Å²) in [6, 6.07) is 0.294. The van der Waals surface area contributed by atoms with Gasteiger partial charge >= 0.3 is 0 Å². The second-order valence-corrected chi connectivity index (χ2v) is 6.91. The van der Waals surface area contributed by atoms with Crippen molar-refractivity contribution in [3.05, 3.63) is 15.9 Å². The highest BCUT2D eigenvalue weighted by Gasteiger charge is 2.47. The molecule has 4 heteroatoms. The van der Waals surface area contributed by atoms with Crippen LogP contribution in [0.1, 0.15) is 51.5 Å². The fraction of sp³-hybridized carbons (Fsp3) is 0.769. The molecule has 0 aliphatic carbocycles. The Morgan fingerprint density at radius 1 is 1.29 bits per heavy atom. The zero-order chi connectivity index (χ0) is 13.0. The first-order chi connectivity index (χ1) is 7.64. The van der Waals surface area contributed by atoms with Gasteiger partial charge in [-0.2, -0.15) is 5.10 Å². The number of aromatic nitrogens is 2. The molecular weight excluding hydrogens is 280 g/mol. The monoisotopic (exact) mass is 300 g/mol. The van der Waals surface area contributed by atoms with Crippen molar-refractivity contribution in [3.63, 3.8) is 0 Å². The van der Waals surface area contributed by atoms with E-state index in [0.29, 0.717) is 6.04 Å². The van der Waals surface area contributed by atoms with Crippen LogP contribution in [-0.2, 0) is 4.74 Å². The molecule has 0 bridgehead atoms. The molecule has 1 aliphatic heterocycles. The molecule has 0 amide bonds. The van der Waals surface area contributed by atoms with Crippen LogP contribution >= 0.6 is 15.9 Å². The molecule has 1 atom stereocenters. The largest absolute Gasteiger partial charge is 0.367 e. The van der Waals surface area contributed by atoms with Crippen LogP contribution in [0, 0.1) is 13.8 Å². The van der Waals surface area contributed by atoms with Gasteiger partial charge in [-0.15, -0.1) is 0 Å². The SMILES string of the molecule is Cc1nn(C2CC(C)(C)OC2(C)C)c(C)c1Br. The molecule has 17 heavy (non-hydrogen) atoms. The van der Waals surface area contributed by atoms with Crippen LogP contribution in [0.4, 0.5) is 0 Å². The van der Waals surface area contributed by atoms with Crippen molar-refractivity contribution in [1.29, 1.82) is 0 Å². The fourth-order valence-electron chi connectivity index (χ4n) is 2.86. The summed E-state index contributed by atoms with van der Waals surface area (Å²) in [5.74, 6) is 0. The molecule has 0 spiro atoms. The number of hydrogen-bond donors (Lipinski definition) is 0. The van der Waals surface area contributed by atoms with E-state index in [9.17, 15) is 0 Å². The maximum absolute atomic E-state index is 6.13. The van der Waals surface area contributed by atoms with Gasteiger partial charge in [0.15, 0.2) is 0 Å². The van der Waals surface area contributed by atoms with Crippen molar-refractivity contribution in [2.45, 2.75) is 65.2 Å². The van der Waals surface area contributed by atoms with E-state index in [1.165, 1.54) is 5.69 Å². The summed E-state index contributed by atoms with van der Waals surface area (Å²) < 4.78 is 9.36. The van der Waals surface area contributed by atoms with E-state index < -0.39 is 0 Å². The average Bonchev–Trinajstić information content (AvgIpc) is 2.53. The third kappa shape index (κ3) is 2.17. The normalized spacial score (nSPS) is 26.4. The van der Waals surface area contributed by atoms with Crippen LogP contribution in [0.2, 0.25) is 0 Å². The van der Waals surface area contributed by atoms with Crippen LogP contribution < -0.4 is 0 Å². The van der Waals surface area contributed by atoms with E-state index in [2.05, 4.69) is 60.3 Å². The molecular formula is C13H21BrN2O. The highest BCUT2D eigenvalue weighted by molar-refractivity contribution is 9.10. The zero-order valence-corrected chi connectivity index (χ0v) is 13.1. The second kappa shape index (κ2) is 3.82. The van der Waals surface area contributed by atoms with Crippen LogP contribution in [0.3, 0.4) is 0 Å². The lowest BCUT2D eigenvalue weighted by Crippen LogP contribution is -2.32. The van der Waals surface area contributed by atoms with Crippen molar-refractivity contribution in [2.24, 2.45) is 0 Å². The maximum Gasteiger partial charge on any atom is 0.0858 e. The number of ether oxygens (including phenoxy) is 1. The van der Waals surface area contributed by atoms with Crippen LogP contribution in [-0.4, -0.2) is 21.0 Å². The molecule has 1 saturated heterocycles. The zero-order valence-electron chi connectivity index (χ0n) is 11.5. The molecule has 1 fully saturated rings. The Morgan fingerprint density at radius 2 is 1.88 bits per heavy atom. The van der Waals surface area contributed by atoms with Gasteiger partial charge in [-0.3, -0.25) is 4.68 Å². The van der Waals surface area contributed by atoms with Crippen LogP contribution in [0.25, 0.3) is 0 Å². The Morgan fingerprint density at radius 3 is 2.24 bits per heavy atom. The molecule has 1 unspecified atom stereocenters. The van der Waals surface area contributed by atoms with Gasteiger partial charge in [0, 0.05) is 6.42 Å². The van der Waals surface area contributed by atoms with E-state index in [1.54, 1.807) is 0 Å². The Labute approximate surface area is 112 Å². The number of nitrogens with zero attached hydrogens (tertiary/aromatic N) is 2. The van der Waals surface area contributed by atoms with Gasteiger partial charge < -0.3 is 4.74 Å². The molecule has 3 nitrogen and oxygen atoms in total. The lowest BCUT2D eigenvalue weighted by Gasteiger charge is -2.28. The van der Waals surface area contributed by atoms with Crippen molar-refractivity contribution in [3.8, 4) is 0 Å². The molecule has 0 radical (unpaired) electrons. The molecule has 1 aromatic heterocycles. The lowest BCUT2D eigenvalue weighted by molar-refractivity contribution is -0.0739. The summed E-state index contributed by atoms with van der Waals surface area (Å²) in [5.41, 5.74) is 1.98. The van der Waals surface area contributed by atoms with E-state index in [-0.39, 0.29) is 11.2 Å². The molecule has 2 heterocycles. The summed E-state index contributed by atoms with van der Waals surface area (Å²) in [6.45, 7) is 12.7. The minimum absolute atomic E-state index is 0.0765. The van der Waals surface area contributed by atoms with Gasteiger partial charge in [-0.05, 0) is 57.5 Å².